The lowest BCUT2D eigenvalue weighted by Gasteiger charge is -2.20. The molecule has 0 heterocycles. The third-order valence-corrected chi connectivity index (χ3v) is 2.20. The van der Waals surface area contributed by atoms with E-state index < -0.39 is 0 Å². The molecule has 94 valence electrons. The Labute approximate surface area is 100 Å². The van der Waals surface area contributed by atoms with E-state index in [9.17, 15) is 0 Å². The monoisotopic (exact) mass is 226 g/mol. The topological polar surface area (TPSA) is 31.2 Å². The van der Waals surface area contributed by atoms with E-state index in [1.165, 1.54) is 0 Å². The Hall–Kier alpha value is -1.06. The molecule has 0 unspecified atom stereocenters. The van der Waals surface area contributed by atoms with Crippen molar-refractivity contribution in [1.82, 2.24) is 9.80 Å². The smallest absolute Gasteiger partial charge is 0.129 e. The average molecular weight is 226 g/mol. The van der Waals surface area contributed by atoms with Crippen LogP contribution >= 0.6 is 0 Å². The van der Waals surface area contributed by atoms with Gasteiger partial charge in [0, 0.05) is 40.0 Å². The van der Waals surface area contributed by atoms with Gasteiger partial charge in [0.15, 0.2) is 0 Å². The molecule has 0 bridgehead atoms. The number of amidine groups is 2. The van der Waals surface area contributed by atoms with Crippen molar-refractivity contribution >= 4 is 11.7 Å². The van der Waals surface area contributed by atoms with Gasteiger partial charge >= 0.3 is 0 Å². The maximum Gasteiger partial charge on any atom is 0.129 e. The van der Waals surface area contributed by atoms with Gasteiger partial charge in [0.1, 0.15) is 11.7 Å². The van der Waals surface area contributed by atoms with Crippen LogP contribution in [0.25, 0.3) is 0 Å². The molecule has 0 N–H and O–H groups in total. The second-order valence-corrected chi connectivity index (χ2v) is 5.01. The highest BCUT2D eigenvalue weighted by atomic mass is 15.3. The molecule has 0 fully saturated rings. The highest BCUT2D eigenvalue weighted by molar-refractivity contribution is 5.87. The summed E-state index contributed by atoms with van der Waals surface area (Å²) in [6.07, 6.45) is 0. The molecule has 0 saturated heterocycles. The van der Waals surface area contributed by atoms with Gasteiger partial charge in [0.25, 0.3) is 0 Å². The van der Waals surface area contributed by atoms with Crippen molar-refractivity contribution in [1.29, 1.82) is 0 Å². The van der Waals surface area contributed by atoms with Crippen molar-refractivity contribution in [2.45, 2.75) is 27.7 Å². The molecule has 0 aliphatic rings. The van der Waals surface area contributed by atoms with E-state index in [0.717, 1.165) is 11.7 Å². The van der Waals surface area contributed by atoms with Gasteiger partial charge in [-0.05, 0) is 0 Å². The SMILES string of the molecule is CC(C)/C(=N\N=C(/C(C)C)N(C)C)N(C)C. The molecule has 0 aliphatic heterocycles. The first-order valence-electron chi connectivity index (χ1n) is 5.77. The Morgan fingerprint density at radius 1 is 0.688 bits per heavy atom. The van der Waals surface area contributed by atoms with Gasteiger partial charge in [-0.1, -0.05) is 27.7 Å². The summed E-state index contributed by atoms with van der Waals surface area (Å²) in [4.78, 5) is 4.03. The minimum absolute atomic E-state index is 0.384. The number of rotatable bonds is 3. The fraction of sp³-hybridized carbons (Fsp3) is 0.833. The van der Waals surface area contributed by atoms with Gasteiger partial charge in [-0.3, -0.25) is 0 Å². The zero-order valence-electron chi connectivity index (χ0n) is 11.9. The Morgan fingerprint density at radius 2 is 0.938 bits per heavy atom. The van der Waals surface area contributed by atoms with Crippen LogP contribution in [0.4, 0.5) is 0 Å². The van der Waals surface area contributed by atoms with Crippen LogP contribution in [-0.4, -0.2) is 49.7 Å². The van der Waals surface area contributed by atoms with Gasteiger partial charge in [-0.15, -0.1) is 10.2 Å². The predicted octanol–water partition coefficient (Wildman–Crippen LogP) is 2.13. The van der Waals surface area contributed by atoms with Crippen molar-refractivity contribution in [2.24, 2.45) is 22.0 Å². The van der Waals surface area contributed by atoms with Gasteiger partial charge in [0.2, 0.25) is 0 Å². The van der Waals surface area contributed by atoms with Gasteiger partial charge in [-0.25, -0.2) is 0 Å². The Bertz CT molecular complexity index is 214. The predicted molar refractivity (Wildman–Crippen MR) is 71.9 cm³/mol. The number of hydrogen-bond donors (Lipinski definition) is 0. The maximum absolute atomic E-state index is 4.35. The van der Waals surface area contributed by atoms with Crippen LogP contribution in [0.3, 0.4) is 0 Å². The maximum atomic E-state index is 4.35. The van der Waals surface area contributed by atoms with Crippen LogP contribution in [0.2, 0.25) is 0 Å². The summed E-state index contributed by atoms with van der Waals surface area (Å²) in [5.74, 6) is 2.77. The van der Waals surface area contributed by atoms with Crippen molar-refractivity contribution in [3.63, 3.8) is 0 Å². The Balaban J connectivity index is 5.03. The average Bonchev–Trinajstić information content (AvgIpc) is 2.09. The summed E-state index contributed by atoms with van der Waals surface area (Å²) >= 11 is 0. The van der Waals surface area contributed by atoms with Crippen molar-refractivity contribution in [2.75, 3.05) is 28.2 Å². The van der Waals surface area contributed by atoms with Crippen LogP contribution in [0.5, 0.6) is 0 Å². The molecule has 0 aliphatic carbocycles. The zero-order chi connectivity index (χ0) is 12.9. The van der Waals surface area contributed by atoms with E-state index in [0.29, 0.717) is 11.8 Å². The fourth-order valence-corrected chi connectivity index (χ4v) is 1.55. The molecule has 16 heavy (non-hydrogen) atoms. The standard InChI is InChI=1S/C12H26N4/c1-9(2)11(15(5)6)13-14-12(10(3)4)16(7)8/h9-10H,1-8H3/b13-11+,14-12+. The summed E-state index contributed by atoms with van der Waals surface area (Å²) in [5, 5.41) is 8.71. The minimum Gasteiger partial charge on any atom is -0.364 e. The molecular weight excluding hydrogens is 200 g/mol. The molecule has 0 saturated carbocycles. The highest BCUT2D eigenvalue weighted by Gasteiger charge is 2.10. The molecule has 4 nitrogen and oxygen atoms in total. The summed E-state index contributed by atoms with van der Waals surface area (Å²) in [5.41, 5.74) is 0. The van der Waals surface area contributed by atoms with Crippen LogP contribution in [0.1, 0.15) is 27.7 Å². The normalized spacial score (nSPS) is 13.6. The number of nitrogens with zero attached hydrogens (tertiary/aromatic N) is 4. The van der Waals surface area contributed by atoms with Gasteiger partial charge in [0.05, 0.1) is 0 Å². The summed E-state index contributed by atoms with van der Waals surface area (Å²) in [6, 6.07) is 0. The third-order valence-electron chi connectivity index (χ3n) is 2.20. The Kier molecular flexibility index (Phi) is 6.08. The Morgan fingerprint density at radius 3 is 1.06 bits per heavy atom. The van der Waals surface area contributed by atoms with E-state index in [1.807, 2.05) is 38.0 Å². The first-order valence-corrected chi connectivity index (χ1v) is 5.77. The zero-order valence-corrected chi connectivity index (χ0v) is 11.9. The second kappa shape index (κ2) is 6.51. The first-order chi connectivity index (χ1) is 7.27. The quantitative estimate of drug-likeness (QED) is 0.419. The van der Waals surface area contributed by atoms with Gasteiger partial charge < -0.3 is 9.80 Å². The van der Waals surface area contributed by atoms with Crippen molar-refractivity contribution in [3.8, 4) is 0 Å². The highest BCUT2D eigenvalue weighted by Crippen LogP contribution is 2.04. The van der Waals surface area contributed by atoms with Crippen LogP contribution in [0.15, 0.2) is 10.2 Å². The molecule has 0 aromatic heterocycles. The van der Waals surface area contributed by atoms with E-state index in [-0.39, 0.29) is 0 Å². The second-order valence-electron chi connectivity index (χ2n) is 5.01. The van der Waals surface area contributed by atoms with Crippen molar-refractivity contribution in [3.05, 3.63) is 0 Å². The minimum atomic E-state index is 0.384. The van der Waals surface area contributed by atoms with Gasteiger partial charge in [-0.2, -0.15) is 0 Å². The molecule has 0 radical (unpaired) electrons. The molecule has 0 aromatic carbocycles. The summed E-state index contributed by atoms with van der Waals surface area (Å²) < 4.78 is 0. The van der Waals surface area contributed by atoms with E-state index in [2.05, 4.69) is 37.9 Å². The van der Waals surface area contributed by atoms with Crippen LogP contribution < -0.4 is 0 Å². The lowest BCUT2D eigenvalue weighted by atomic mass is 10.2. The molecule has 4 heteroatoms. The lowest BCUT2D eigenvalue weighted by molar-refractivity contribution is 0.558. The third kappa shape index (κ3) is 4.64. The summed E-state index contributed by atoms with van der Waals surface area (Å²) in [6.45, 7) is 8.50. The molecular formula is C12H26N4. The molecule has 0 spiro atoms. The first kappa shape index (κ1) is 14.9. The molecule has 0 rings (SSSR count). The van der Waals surface area contributed by atoms with E-state index >= 15 is 0 Å². The van der Waals surface area contributed by atoms with E-state index in [1.54, 1.807) is 0 Å². The number of hydrogen-bond acceptors (Lipinski definition) is 2. The molecule has 0 atom stereocenters. The lowest BCUT2D eigenvalue weighted by Crippen LogP contribution is -2.29. The largest absolute Gasteiger partial charge is 0.364 e. The summed E-state index contributed by atoms with van der Waals surface area (Å²) in [7, 11) is 8.00. The van der Waals surface area contributed by atoms with E-state index in [4.69, 9.17) is 0 Å². The molecule has 0 aromatic rings. The fourth-order valence-electron chi connectivity index (χ4n) is 1.55. The van der Waals surface area contributed by atoms with Crippen molar-refractivity contribution < 1.29 is 0 Å². The molecule has 0 amide bonds. The van der Waals surface area contributed by atoms with Crippen LogP contribution in [-0.2, 0) is 0 Å². The van der Waals surface area contributed by atoms with Crippen LogP contribution in [0, 0.1) is 11.8 Å².